The standard InChI is InChI=1S/C14H22N2O4S/c1-4-15-21(19,20)13-7-5-12(6-8-13)16(11(2)3)10-9-14(17)18/h5-8,11,15H,4,9-10H2,1-3H3,(H,17,18). The average molecular weight is 314 g/mol. The lowest BCUT2D eigenvalue weighted by molar-refractivity contribution is -0.136. The molecule has 0 saturated carbocycles. The highest BCUT2D eigenvalue weighted by atomic mass is 32.2. The minimum atomic E-state index is -3.46. The molecule has 118 valence electrons. The van der Waals surface area contributed by atoms with Crippen molar-refractivity contribution in [3.05, 3.63) is 24.3 Å². The van der Waals surface area contributed by atoms with E-state index in [-0.39, 0.29) is 17.4 Å². The van der Waals surface area contributed by atoms with Gasteiger partial charge >= 0.3 is 5.97 Å². The lowest BCUT2D eigenvalue weighted by Crippen LogP contribution is -2.32. The molecule has 0 fully saturated rings. The van der Waals surface area contributed by atoms with E-state index in [9.17, 15) is 13.2 Å². The molecule has 0 aliphatic rings. The number of anilines is 1. The van der Waals surface area contributed by atoms with Crippen molar-refractivity contribution in [2.45, 2.75) is 38.1 Å². The maximum Gasteiger partial charge on any atom is 0.305 e. The maximum atomic E-state index is 11.9. The maximum absolute atomic E-state index is 11.9. The third-order valence-corrected chi connectivity index (χ3v) is 4.56. The topological polar surface area (TPSA) is 86.7 Å². The molecular weight excluding hydrogens is 292 g/mol. The highest BCUT2D eigenvalue weighted by molar-refractivity contribution is 7.89. The summed E-state index contributed by atoms with van der Waals surface area (Å²) in [7, 11) is -3.46. The molecule has 0 aromatic heterocycles. The van der Waals surface area contributed by atoms with Crippen LogP contribution in [0.4, 0.5) is 5.69 Å². The molecule has 1 rings (SSSR count). The van der Waals surface area contributed by atoms with E-state index >= 15 is 0 Å². The van der Waals surface area contributed by atoms with Gasteiger partial charge in [-0.3, -0.25) is 4.79 Å². The molecule has 0 spiro atoms. The summed E-state index contributed by atoms with van der Waals surface area (Å²) in [5.41, 5.74) is 0.807. The van der Waals surface area contributed by atoms with Crippen molar-refractivity contribution >= 4 is 21.7 Å². The minimum Gasteiger partial charge on any atom is -0.481 e. The van der Waals surface area contributed by atoms with Gasteiger partial charge in [0.15, 0.2) is 0 Å². The zero-order valence-electron chi connectivity index (χ0n) is 12.5. The van der Waals surface area contributed by atoms with E-state index in [1.54, 1.807) is 19.1 Å². The summed E-state index contributed by atoms with van der Waals surface area (Å²) in [4.78, 5) is 12.8. The van der Waals surface area contributed by atoms with E-state index in [2.05, 4.69) is 4.72 Å². The summed E-state index contributed by atoms with van der Waals surface area (Å²) < 4.78 is 26.2. The van der Waals surface area contributed by atoms with Crippen LogP contribution in [0.2, 0.25) is 0 Å². The Labute approximate surface area is 125 Å². The van der Waals surface area contributed by atoms with Crippen molar-refractivity contribution in [3.63, 3.8) is 0 Å². The first-order valence-electron chi connectivity index (χ1n) is 6.86. The van der Waals surface area contributed by atoms with E-state index in [1.165, 1.54) is 12.1 Å². The second kappa shape index (κ2) is 7.42. The third kappa shape index (κ3) is 5.02. The quantitative estimate of drug-likeness (QED) is 0.762. The molecule has 2 N–H and O–H groups in total. The molecule has 0 unspecified atom stereocenters. The van der Waals surface area contributed by atoms with Crippen molar-refractivity contribution in [3.8, 4) is 0 Å². The van der Waals surface area contributed by atoms with Crippen LogP contribution < -0.4 is 9.62 Å². The van der Waals surface area contributed by atoms with Crippen molar-refractivity contribution < 1.29 is 18.3 Å². The number of nitrogens with zero attached hydrogens (tertiary/aromatic N) is 1. The number of sulfonamides is 1. The molecule has 6 nitrogen and oxygen atoms in total. The smallest absolute Gasteiger partial charge is 0.305 e. The second-order valence-corrected chi connectivity index (χ2v) is 6.69. The molecule has 0 saturated heterocycles. The van der Waals surface area contributed by atoms with Gasteiger partial charge in [0.2, 0.25) is 10.0 Å². The molecule has 1 aromatic carbocycles. The Morgan fingerprint density at radius 3 is 2.29 bits per heavy atom. The molecule has 0 aliphatic carbocycles. The van der Waals surface area contributed by atoms with E-state index in [4.69, 9.17) is 5.11 Å². The second-order valence-electron chi connectivity index (χ2n) is 4.93. The summed E-state index contributed by atoms with van der Waals surface area (Å²) >= 11 is 0. The van der Waals surface area contributed by atoms with E-state index in [0.717, 1.165) is 5.69 Å². The predicted octanol–water partition coefficient (Wildman–Crippen LogP) is 1.67. The van der Waals surface area contributed by atoms with Gasteiger partial charge in [0.25, 0.3) is 0 Å². The van der Waals surface area contributed by atoms with Crippen LogP contribution in [0.3, 0.4) is 0 Å². The summed E-state index contributed by atoms with van der Waals surface area (Å²) in [5, 5.41) is 8.79. The number of hydrogen-bond donors (Lipinski definition) is 2. The number of hydrogen-bond acceptors (Lipinski definition) is 4. The summed E-state index contributed by atoms with van der Waals surface area (Å²) in [6.07, 6.45) is 0.0373. The van der Waals surface area contributed by atoms with Crippen LogP contribution in [0.25, 0.3) is 0 Å². The molecule has 0 radical (unpaired) electrons. The molecular formula is C14H22N2O4S. The Bertz CT molecular complexity index is 567. The van der Waals surface area contributed by atoms with Crippen LogP contribution in [0.15, 0.2) is 29.2 Å². The average Bonchev–Trinajstić information content (AvgIpc) is 2.38. The number of carbonyl (C=O) groups is 1. The molecule has 0 atom stereocenters. The Kier molecular flexibility index (Phi) is 6.17. The highest BCUT2D eigenvalue weighted by Gasteiger charge is 2.15. The fourth-order valence-corrected chi connectivity index (χ4v) is 3.03. The molecule has 0 heterocycles. The van der Waals surface area contributed by atoms with Crippen LogP contribution in [0, 0.1) is 0 Å². The van der Waals surface area contributed by atoms with Gasteiger partial charge in [-0.15, -0.1) is 0 Å². The zero-order valence-corrected chi connectivity index (χ0v) is 13.4. The SMILES string of the molecule is CCNS(=O)(=O)c1ccc(N(CCC(=O)O)C(C)C)cc1. The fraction of sp³-hybridized carbons (Fsp3) is 0.500. The Morgan fingerprint density at radius 1 is 1.29 bits per heavy atom. The number of nitrogens with one attached hydrogen (secondary N) is 1. The Hall–Kier alpha value is -1.60. The number of carboxylic acid groups (broad SMARTS) is 1. The highest BCUT2D eigenvalue weighted by Crippen LogP contribution is 2.20. The lowest BCUT2D eigenvalue weighted by atomic mass is 10.2. The van der Waals surface area contributed by atoms with E-state index in [0.29, 0.717) is 13.1 Å². The lowest BCUT2D eigenvalue weighted by Gasteiger charge is -2.28. The third-order valence-electron chi connectivity index (χ3n) is 3.00. The van der Waals surface area contributed by atoms with Gasteiger partial charge in [-0.05, 0) is 38.1 Å². The van der Waals surface area contributed by atoms with Crippen molar-refractivity contribution in [2.24, 2.45) is 0 Å². The Balaban J connectivity index is 2.95. The fourth-order valence-electron chi connectivity index (χ4n) is 1.99. The van der Waals surface area contributed by atoms with Crippen molar-refractivity contribution in [1.82, 2.24) is 4.72 Å². The number of aliphatic carboxylic acids is 1. The van der Waals surface area contributed by atoms with Crippen LogP contribution >= 0.6 is 0 Å². The van der Waals surface area contributed by atoms with Gasteiger partial charge in [0, 0.05) is 24.8 Å². The van der Waals surface area contributed by atoms with Gasteiger partial charge in [0.1, 0.15) is 0 Å². The van der Waals surface area contributed by atoms with E-state index < -0.39 is 16.0 Å². The van der Waals surface area contributed by atoms with E-state index in [1.807, 2.05) is 18.7 Å². The minimum absolute atomic E-state index is 0.0373. The van der Waals surface area contributed by atoms with Crippen molar-refractivity contribution in [2.75, 3.05) is 18.0 Å². The number of carboxylic acids is 1. The molecule has 7 heteroatoms. The van der Waals surface area contributed by atoms with Crippen LogP contribution in [0.5, 0.6) is 0 Å². The largest absolute Gasteiger partial charge is 0.481 e. The first-order chi connectivity index (χ1) is 9.77. The van der Waals surface area contributed by atoms with Crippen molar-refractivity contribution in [1.29, 1.82) is 0 Å². The van der Waals surface area contributed by atoms with Crippen LogP contribution in [0.1, 0.15) is 27.2 Å². The summed E-state index contributed by atoms with van der Waals surface area (Å²) in [6, 6.07) is 6.59. The Morgan fingerprint density at radius 2 is 1.86 bits per heavy atom. The molecule has 0 aliphatic heterocycles. The first kappa shape index (κ1) is 17.5. The van der Waals surface area contributed by atoms with Gasteiger partial charge in [0.05, 0.1) is 11.3 Å². The van der Waals surface area contributed by atoms with Gasteiger partial charge in [-0.2, -0.15) is 0 Å². The van der Waals surface area contributed by atoms with Crippen LogP contribution in [-0.2, 0) is 14.8 Å². The first-order valence-corrected chi connectivity index (χ1v) is 8.34. The van der Waals surface area contributed by atoms with Gasteiger partial charge < -0.3 is 10.0 Å². The predicted molar refractivity (Wildman–Crippen MR) is 82.0 cm³/mol. The molecule has 1 aromatic rings. The monoisotopic (exact) mass is 314 g/mol. The molecule has 21 heavy (non-hydrogen) atoms. The van der Waals surface area contributed by atoms with Gasteiger partial charge in [-0.1, -0.05) is 6.92 Å². The summed E-state index contributed by atoms with van der Waals surface area (Å²) in [6.45, 7) is 6.36. The molecule has 0 amide bonds. The number of benzene rings is 1. The molecule has 0 bridgehead atoms. The summed E-state index contributed by atoms with van der Waals surface area (Å²) in [5.74, 6) is -0.855. The van der Waals surface area contributed by atoms with Crippen LogP contribution in [-0.4, -0.2) is 38.6 Å². The van der Waals surface area contributed by atoms with Gasteiger partial charge in [-0.25, -0.2) is 13.1 Å². The number of rotatable bonds is 8. The zero-order chi connectivity index (χ0) is 16.0. The normalized spacial score (nSPS) is 11.6.